The summed E-state index contributed by atoms with van der Waals surface area (Å²) in [6.07, 6.45) is -0.403. The molecule has 2 aromatic carbocycles. The fraction of sp³-hybridized carbons (Fsp3) is 0.0667. The summed E-state index contributed by atoms with van der Waals surface area (Å²) in [6, 6.07) is 10.4. The van der Waals surface area contributed by atoms with Crippen molar-refractivity contribution in [3.05, 3.63) is 58.3 Å². The maximum atomic E-state index is 13.0. The van der Waals surface area contributed by atoms with Gasteiger partial charge in [0, 0.05) is 5.69 Å². The molecule has 0 atom stereocenters. The van der Waals surface area contributed by atoms with E-state index < -0.39 is 24.1 Å². The maximum absolute atomic E-state index is 13.0. The van der Waals surface area contributed by atoms with Gasteiger partial charge in [0.1, 0.15) is 12.2 Å². The van der Waals surface area contributed by atoms with Crippen LogP contribution < -0.4 is 10.6 Å². The number of benzene rings is 2. The molecule has 0 fully saturated rings. The fourth-order valence-corrected chi connectivity index (χ4v) is 2.05. The summed E-state index contributed by atoms with van der Waals surface area (Å²) in [4.78, 5) is 23.5. The summed E-state index contributed by atoms with van der Waals surface area (Å²) in [5.74, 6) is -1.65. The van der Waals surface area contributed by atoms with E-state index >= 15 is 0 Å². The Kier molecular flexibility index (Phi) is 5.35. The minimum atomic E-state index is -0.587. The van der Waals surface area contributed by atoms with Gasteiger partial charge in [-0.3, -0.25) is 9.59 Å². The lowest BCUT2D eigenvalue weighted by atomic mass is 10.2. The predicted molar refractivity (Wildman–Crippen MR) is 84.7 cm³/mol. The van der Waals surface area contributed by atoms with Crippen molar-refractivity contribution >= 4 is 46.4 Å². The second kappa shape index (κ2) is 7.24. The zero-order chi connectivity index (χ0) is 16.1. The molecule has 0 aliphatic rings. The van der Waals surface area contributed by atoms with E-state index in [0.29, 0.717) is 16.4 Å². The van der Waals surface area contributed by atoms with Crippen LogP contribution >= 0.6 is 23.2 Å². The van der Waals surface area contributed by atoms with E-state index in [1.807, 2.05) is 0 Å². The molecule has 0 spiro atoms. The smallest absolute Gasteiger partial charge is 0.233 e. The first kappa shape index (κ1) is 16.3. The SMILES string of the molecule is O=C(CC(=O)Nc1ccccc1Cl)Nc1ccc(F)c(Cl)c1. The van der Waals surface area contributed by atoms with E-state index in [1.54, 1.807) is 24.3 Å². The van der Waals surface area contributed by atoms with Crippen LogP contribution in [0.15, 0.2) is 42.5 Å². The molecule has 0 aromatic heterocycles. The third kappa shape index (κ3) is 4.44. The fourth-order valence-electron chi connectivity index (χ4n) is 1.68. The molecule has 0 saturated heterocycles. The van der Waals surface area contributed by atoms with Crippen LogP contribution in [0, 0.1) is 5.82 Å². The van der Waals surface area contributed by atoms with Crippen molar-refractivity contribution in [2.24, 2.45) is 0 Å². The van der Waals surface area contributed by atoms with Crippen molar-refractivity contribution in [3.63, 3.8) is 0 Å². The van der Waals surface area contributed by atoms with Crippen molar-refractivity contribution in [1.82, 2.24) is 0 Å². The molecule has 0 bridgehead atoms. The van der Waals surface area contributed by atoms with Crippen molar-refractivity contribution in [2.45, 2.75) is 6.42 Å². The zero-order valence-corrected chi connectivity index (χ0v) is 12.7. The highest BCUT2D eigenvalue weighted by molar-refractivity contribution is 6.33. The van der Waals surface area contributed by atoms with E-state index in [-0.39, 0.29) is 5.02 Å². The van der Waals surface area contributed by atoms with Gasteiger partial charge >= 0.3 is 0 Å². The molecular weight excluding hydrogens is 330 g/mol. The third-order valence-electron chi connectivity index (χ3n) is 2.67. The molecule has 0 radical (unpaired) electrons. The molecule has 7 heteroatoms. The standard InChI is InChI=1S/C15H11Cl2FN2O2/c16-10-3-1-2-4-13(10)20-15(22)8-14(21)19-9-5-6-12(18)11(17)7-9/h1-7H,8H2,(H,19,21)(H,20,22). The van der Waals surface area contributed by atoms with Gasteiger partial charge in [-0.25, -0.2) is 4.39 Å². The van der Waals surface area contributed by atoms with Crippen molar-refractivity contribution in [1.29, 1.82) is 0 Å². The summed E-state index contributed by atoms with van der Waals surface area (Å²) >= 11 is 11.5. The lowest BCUT2D eigenvalue weighted by Gasteiger charge is -2.08. The van der Waals surface area contributed by atoms with E-state index in [1.165, 1.54) is 12.1 Å². The molecule has 2 amide bonds. The molecule has 0 unspecified atom stereocenters. The Labute approximate surface area is 136 Å². The number of rotatable bonds is 4. The van der Waals surface area contributed by atoms with Crippen LogP contribution in [0.1, 0.15) is 6.42 Å². The second-order valence-electron chi connectivity index (χ2n) is 4.38. The number of carbonyl (C=O) groups excluding carboxylic acids is 2. The quantitative estimate of drug-likeness (QED) is 0.823. The zero-order valence-electron chi connectivity index (χ0n) is 11.2. The maximum Gasteiger partial charge on any atom is 0.233 e. The van der Waals surface area contributed by atoms with E-state index in [9.17, 15) is 14.0 Å². The Bertz CT molecular complexity index is 722. The summed E-state index contributed by atoms with van der Waals surface area (Å²) in [5.41, 5.74) is 0.730. The highest BCUT2D eigenvalue weighted by Gasteiger charge is 2.12. The normalized spacial score (nSPS) is 10.1. The van der Waals surface area contributed by atoms with Crippen LogP contribution in [0.25, 0.3) is 0 Å². The number of para-hydroxylation sites is 1. The average Bonchev–Trinajstić information content (AvgIpc) is 2.45. The number of nitrogens with one attached hydrogen (secondary N) is 2. The Hall–Kier alpha value is -2.11. The first-order valence-electron chi connectivity index (χ1n) is 6.25. The van der Waals surface area contributed by atoms with Gasteiger partial charge in [0.25, 0.3) is 0 Å². The van der Waals surface area contributed by atoms with E-state index in [4.69, 9.17) is 23.2 Å². The van der Waals surface area contributed by atoms with Gasteiger partial charge < -0.3 is 10.6 Å². The van der Waals surface area contributed by atoms with Gasteiger partial charge in [0.2, 0.25) is 11.8 Å². The van der Waals surface area contributed by atoms with Gasteiger partial charge in [0.05, 0.1) is 15.7 Å². The summed E-state index contributed by atoms with van der Waals surface area (Å²) in [5, 5.41) is 5.25. The van der Waals surface area contributed by atoms with Gasteiger partial charge in [0.15, 0.2) is 0 Å². The van der Waals surface area contributed by atoms with Crippen LogP contribution in [-0.4, -0.2) is 11.8 Å². The van der Waals surface area contributed by atoms with Gasteiger partial charge in [-0.15, -0.1) is 0 Å². The summed E-state index contributed by atoms with van der Waals surface area (Å²) < 4.78 is 13.0. The minimum absolute atomic E-state index is 0.113. The summed E-state index contributed by atoms with van der Waals surface area (Å²) in [7, 11) is 0. The van der Waals surface area contributed by atoms with E-state index in [2.05, 4.69) is 10.6 Å². The Morgan fingerprint density at radius 3 is 2.32 bits per heavy atom. The molecule has 0 saturated carbocycles. The number of halogens is 3. The molecule has 2 N–H and O–H groups in total. The number of hydrogen-bond donors (Lipinski definition) is 2. The summed E-state index contributed by atoms with van der Waals surface area (Å²) in [6.45, 7) is 0. The third-order valence-corrected chi connectivity index (χ3v) is 3.29. The molecule has 0 aliphatic heterocycles. The van der Waals surface area contributed by atoms with Gasteiger partial charge in [-0.05, 0) is 30.3 Å². The van der Waals surface area contributed by atoms with Crippen LogP contribution in [0.5, 0.6) is 0 Å². The first-order chi connectivity index (χ1) is 10.5. The molecular formula is C15H11Cl2FN2O2. The Balaban J connectivity index is 1.92. The topological polar surface area (TPSA) is 58.2 Å². The molecule has 0 aliphatic carbocycles. The second-order valence-corrected chi connectivity index (χ2v) is 5.20. The monoisotopic (exact) mass is 340 g/mol. The first-order valence-corrected chi connectivity index (χ1v) is 7.00. The van der Waals surface area contributed by atoms with E-state index in [0.717, 1.165) is 6.07 Å². The largest absolute Gasteiger partial charge is 0.326 e. The average molecular weight is 341 g/mol. The predicted octanol–water partition coefficient (Wildman–Crippen LogP) is 4.10. The molecule has 2 aromatic rings. The molecule has 22 heavy (non-hydrogen) atoms. The van der Waals surface area contributed by atoms with Gasteiger partial charge in [-0.1, -0.05) is 35.3 Å². The Morgan fingerprint density at radius 2 is 1.64 bits per heavy atom. The minimum Gasteiger partial charge on any atom is -0.326 e. The van der Waals surface area contributed by atoms with Crippen molar-refractivity contribution < 1.29 is 14.0 Å². The molecule has 2 rings (SSSR count). The number of carbonyl (C=O) groups is 2. The van der Waals surface area contributed by atoms with Crippen LogP contribution in [0.2, 0.25) is 10.0 Å². The van der Waals surface area contributed by atoms with Crippen LogP contribution in [-0.2, 0) is 9.59 Å². The highest BCUT2D eigenvalue weighted by Crippen LogP contribution is 2.21. The van der Waals surface area contributed by atoms with Crippen LogP contribution in [0.4, 0.5) is 15.8 Å². The Morgan fingerprint density at radius 1 is 0.955 bits per heavy atom. The number of hydrogen-bond acceptors (Lipinski definition) is 2. The van der Waals surface area contributed by atoms with Crippen molar-refractivity contribution in [2.75, 3.05) is 10.6 Å². The lowest BCUT2D eigenvalue weighted by molar-refractivity contribution is -0.123. The number of amides is 2. The van der Waals surface area contributed by atoms with Crippen molar-refractivity contribution in [3.8, 4) is 0 Å². The van der Waals surface area contributed by atoms with Crippen LogP contribution in [0.3, 0.4) is 0 Å². The molecule has 114 valence electrons. The van der Waals surface area contributed by atoms with Gasteiger partial charge in [-0.2, -0.15) is 0 Å². The molecule has 4 nitrogen and oxygen atoms in total. The highest BCUT2D eigenvalue weighted by atomic mass is 35.5. The lowest BCUT2D eigenvalue weighted by Crippen LogP contribution is -2.21. The molecule has 0 heterocycles. The number of anilines is 2.